The van der Waals surface area contributed by atoms with Crippen molar-refractivity contribution < 1.29 is 9.53 Å². The van der Waals surface area contributed by atoms with Gasteiger partial charge in [-0.2, -0.15) is 5.10 Å². The molecule has 1 saturated heterocycles. The summed E-state index contributed by atoms with van der Waals surface area (Å²) in [4.78, 5) is 12.3. The average molecular weight is 336 g/mol. The first-order valence-corrected chi connectivity index (χ1v) is 8.47. The monoisotopic (exact) mass is 336 g/mol. The van der Waals surface area contributed by atoms with Crippen LogP contribution < -0.4 is 10.6 Å². The van der Waals surface area contributed by atoms with Gasteiger partial charge in [-0.05, 0) is 24.3 Å². The maximum Gasteiger partial charge on any atom is 0.323 e. The predicted molar refractivity (Wildman–Crippen MR) is 97.9 cm³/mol. The Morgan fingerprint density at radius 2 is 1.88 bits per heavy atom. The number of rotatable bonds is 3. The van der Waals surface area contributed by atoms with Crippen LogP contribution in [0.4, 0.5) is 16.2 Å². The maximum absolute atomic E-state index is 12.3. The van der Waals surface area contributed by atoms with Crippen molar-refractivity contribution >= 4 is 28.2 Å². The second kappa shape index (κ2) is 6.94. The molecule has 0 spiro atoms. The van der Waals surface area contributed by atoms with Crippen LogP contribution in [0.15, 0.2) is 54.9 Å². The van der Waals surface area contributed by atoms with E-state index in [1.807, 2.05) is 53.3 Å². The van der Waals surface area contributed by atoms with Crippen LogP contribution in [-0.2, 0) is 4.74 Å². The second-order valence-electron chi connectivity index (χ2n) is 6.16. The van der Waals surface area contributed by atoms with Gasteiger partial charge in [-0.15, -0.1) is 0 Å². The van der Waals surface area contributed by atoms with Crippen molar-refractivity contribution in [3.8, 4) is 0 Å². The molecule has 0 saturated carbocycles. The molecular formula is C19H20N4O2. The molecule has 128 valence electrons. The number of aromatic nitrogens is 2. The van der Waals surface area contributed by atoms with E-state index in [9.17, 15) is 4.79 Å². The topological polar surface area (TPSA) is 68.2 Å². The van der Waals surface area contributed by atoms with Gasteiger partial charge in [-0.25, -0.2) is 4.79 Å². The number of anilines is 2. The summed E-state index contributed by atoms with van der Waals surface area (Å²) in [6, 6.07) is 13.9. The van der Waals surface area contributed by atoms with Gasteiger partial charge in [0, 0.05) is 24.8 Å². The van der Waals surface area contributed by atoms with E-state index in [4.69, 9.17) is 4.74 Å². The summed E-state index contributed by atoms with van der Waals surface area (Å²) in [5.41, 5.74) is 1.47. The first kappa shape index (κ1) is 15.7. The lowest BCUT2D eigenvalue weighted by Crippen LogP contribution is -2.20. The fourth-order valence-electron chi connectivity index (χ4n) is 3.17. The number of nitrogens with one attached hydrogen (secondary N) is 2. The van der Waals surface area contributed by atoms with Crippen LogP contribution >= 0.6 is 0 Å². The molecule has 6 nitrogen and oxygen atoms in total. The molecule has 3 aromatic rings. The van der Waals surface area contributed by atoms with Gasteiger partial charge in [0.25, 0.3) is 0 Å². The number of ether oxygens (including phenoxy) is 1. The molecule has 1 aliphatic heterocycles. The number of hydrogen-bond acceptors (Lipinski definition) is 3. The van der Waals surface area contributed by atoms with Gasteiger partial charge in [0.05, 0.1) is 23.6 Å². The molecule has 4 rings (SSSR count). The number of carbonyl (C=O) groups excluding carboxylic acids is 1. The number of benzene rings is 2. The minimum atomic E-state index is -0.275. The molecule has 0 unspecified atom stereocenters. The zero-order valence-electron chi connectivity index (χ0n) is 13.8. The zero-order valence-corrected chi connectivity index (χ0v) is 13.8. The third-order valence-electron chi connectivity index (χ3n) is 4.46. The fraction of sp³-hybridized carbons (Fsp3) is 0.263. The molecule has 2 N–H and O–H groups in total. The molecule has 1 aromatic heterocycles. The Bertz CT molecular complexity index is 879. The van der Waals surface area contributed by atoms with E-state index < -0.39 is 0 Å². The molecule has 25 heavy (non-hydrogen) atoms. The van der Waals surface area contributed by atoms with Crippen LogP contribution in [-0.4, -0.2) is 29.0 Å². The van der Waals surface area contributed by atoms with Gasteiger partial charge in [-0.1, -0.05) is 36.4 Å². The van der Waals surface area contributed by atoms with Gasteiger partial charge < -0.3 is 15.4 Å². The Morgan fingerprint density at radius 3 is 2.76 bits per heavy atom. The Hall–Kier alpha value is -2.86. The summed E-state index contributed by atoms with van der Waals surface area (Å²) in [7, 11) is 0. The third-order valence-corrected chi connectivity index (χ3v) is 4.46. The van der Waals surface area contributed by atoms with Crippen LogP contribution in [0, 0.1) is 0 Å². The van der Waals surface area contributed by atoms with Crippen molar-refractivity contribution in [2.45, 2.75) is 18.9 Å². The van der Waals surface area contributed by atoms with Gasteiger partial charge in [-0.3, -0.25) is 4.68 Å². The molecule has 2 amide bonds. The number of urea groups is 1. The van der Waals surface area contributed by atoms with E-state index in [1.54, 1.807) is 6.20 Å². The first-order chi connectivity index (χ1) is 12.3. The van der Waals surface area contributed by atoms with Crippen molar-refractivity contribution in [1.29, 1.82) is 0 Å². The van der Waals surface area contributed by atoms with Crippen molar-refractivity contribution in [3.05, 3.63) is 54.9 Å². The Morgan fingerprint density at radius 1 is 1.08 bits per heavy atom. The minimum absolute atomic E-state index is 0.275. The highest BCUT2D eigenvalue weighted by Crippen LogP contribution is 2.24. The van der Waals surface area contributed by atoms with Crippen molar-refractivity contribution in [3.63, 3.8) is 0 Å². The SMILES string of the molecule is O=C(Nc1cnn(C2CCOCC2)c1)Nc1cccc2ccccc12. The number of fused-ring (bicyclic) bond motifs is 1. The minimum Gasteiger partial charge on any atom is -0.381 e. The number of amides is 2. The molecule has 2 aromatic carbocycles. The van der Waals surface area contributed by atoms with E-state index in [0.717, 1.165) is 42.5 Å². The molecule has 0 aliphatic carbocycles. The van der Waals surface area contributed by atoms with Crippen LogP contribution in [0.1, 0.15) is 18.9 Å². The molecule has 6 heteroatoms. The maximum atomic E-state index is 12.3. The molecule has 1 aliphatic rings. The van der Waals surface area contributed by atoms with Crippen molar-refractivity contribution in [1.82, 2.24) is 9.78 Å². The smallest absolute Gasteiger partial charge is 0.323 e. The molecule has 1 fully saturated rings. The Kier molecular flexibility index (Phi) is 4.35. The molecule has 2 heterocycles. The van der Waals surface area contributed by atoms with Gasteiger partial charge in [0.2, 0.25) is 0 Å². The lowest BCUT2D eigenvalue weighted by molar-refractivity contribution is 0.0662. The van der Waals surface area contributed by atoms with E-state index in [-0.39, 0.29) is 6.03 Å². The summed E-state index contributed by atoms with van der Waals surface area (Å²) < 4.78 is 7.29. The lowest BCUT2D eigenvalue weighted by atomic mass is 10.1. The van der Waals surface area contributed by atoms with E-state index in [0.29, 0.717) is 11.7 Å². The summed E-state index contributed by atoms with van der Waals surface area (Å²) in [6.45, 7) is 1.52. The average Bonchev–Trinajstić information content (AvgIpc) is 3.11. The van der Waals surface area contributed by atoms with Crippen LogP contribution in [0.3, 0.4) is 0 Å². The zero-order chi connectivity index (χ0) is 17.1. The lowest BCUT2D eigenvalue weighted by Gasteiger charge is -2.22. The van der Waals surface area contributed by atoms with Crippen LogP contribution in [0.25, 0.3) is 10.8 Å². The molecule has 0 bridgehead atoms. The van der Waals surface area contributed by atoms with E-state index in [2.05, 4.69) is 15.7 Å². The molecule has 0 atom stereocenters. The van der Waals surface area contributed by atoms with Crippen LogP contribution in [0.5, 0.6) is 0 Å². The largest absolute Gasteiger partial charge is 0.381 e. The van der Waals surface area contributed by atoms with E-state index in [1.165, 1.54) is 0 Å². The summed E-state index contributed by atoms with van der Waals surface area (Å²) >= 11 is 0. The van der Waals surface area contributed by atoms with Gasteiger partial charge >= 0.3 is 6.03 Å². The summed E-state index contributed by atoms with van der Waals surface area (Å²) in [5.74, 6) is 0. The Labute approximate surface area is 145 Å². The van der Waals surface area contributed by atoms with Crippen molar-refractivity contribution in [2.75, 3.05) is 23.8 Å². The quantitative estimate of drug-likeness (QED) is 0.759. The highest BCUT2D eigenvalue weighted by molar-refractivity contribution is 6.06. The number of nitrogens with zero attached hydrogens (tertiary/aromatic N) is 2. The second-order valence-corrected chi connectivity index (χ2v) is 6.16. The van der Waals surface area contributed by atoms with E-state index >= 15 is 0 Å². The summed E-state index contributed by atoms with van der Waals surface area (Å²) in [6.07, 6.45) is 5.45. The standard InChI is InChI=1S/C19H20N4O2/c24-19(22-18-7-3-5-14-4-1-2-6-17(14)18)21-15-12-20-23(13-15)16-8-10-25-11-9-16/h1-7,12-13,16H,8-11H2,(H2,21,22,24). The first-order valence-electron chi connectivity index (χ1n) is 8.47. The fourth-order valence-corrected chi connectivity index (χ4v) is 3.17. The van der Waals surface area contributed by atoms with Crippen molar-refractivity contribution in [2.24, 2.45) is 0 Å². The summed E-state index contributed by atoms with van der Waals surface area (Å²) in [5, 5.41) is 12.2. The highest BCUT2D eigenvalue weighted by atomic mass is 16.5. The number of carbonyl (C=O) groups is 1. The predicted octanol–water partition coefficient (Wildman–Crippen LogP) is 4.03. The van der Waals surface area contributed by atoms with Crippen LogP contribution in [0.2, 0.25) is 0 Å². The normalized spacial score (nSPS) is 15.2. The number of hydrogen-bond donors (Lipinski definition) is 2. The molecular weight excluding hydrogens is 316 g/mol. The van der Waals surface area contributed by atoms with Gasteiger partial charge in [0.1, 0.15) is 0 Å². The molecule has 0 radical (unpaired) electrons. The highest BCUT2D eigenvalue weighted by Gasteiger charge is 2.17. The Balaban J connectivity index is 1.44. The van der Waals surface area contributed by atoms with Gasteiger partial charge in [0.15, 0.2) is 0 Å². The third kappa shape index (κ3) is 3.49.